The summed E-state index contributed by atoms with van der Waals surface area (Å²) in [5, 5.41) is 11.9. The number of rotatable bonds is 10. The zero-order chi connectivity index (χ0) is 27.3. The minimum absolute atomic E-state index is 0.171. The van der Waals surface area contributed by atoms with Crippen LogP contribution in [0.2, 0.25) is 0 Å². The summed E-state index contributed by atoms with van der Waals surface area (Å²) < 4.78 is 16.9. The summed E-state index contributed by atoms with van der Waals surface area (Å²) >= 11 is 0. The van der Waals surface area contributed by atoms with Gasteiger partial charge in [-0.1, -0.05) is 81.4 Å². The van der Waals surface area contributed by atoms with Crippen LogP contribution in [0.25, 0.3) is 11.3 Å². The van der Waals surface area contributed by atoms with Gasteiger partial charge in [-0.3, -0.25) is 4.79 Å². The Morgan fingerprint density at radius 1 is 1.08 bits per heavy atom. The number of amides is 1. The molecule has 0 spiro atoms. The van der Waals surface area contributed by atoms with Gasteiger partial charge in [0.2, 0.25) is 5.91 Å². The molecule has 0 radical (unpaired) electrons. The van der Waals surface area contributed by atoms with E-state index in [4.69, 9.17) is 10.7 Å². The van der Waals surface area contributed by atoms with Gasteiger partial charge < -0.3 is 15.2 Å². The number of halogens is 1. The fourth-order valence-electron chi connectivity index (χ4n) is 4.54. The van der Waals surface area contributed by atoms with Gasteiger partial charge in [0.15, 0.2) is 5.82 Å². The van der Waals surface area contributed by atoms with Crippen molar-refractivity contribution in [2.24, 2.45) is 11.1 Å². The first-order valence-electron chi connectivity index (χ1n) is 12.7. The summed E-state index contributed by atoms with van der Waals surface area (Å²) in [7, 11) is 0. The largest absolute Gasteiger partial charge is 0.328 e. The van der Waals surface area contributed by atoms with Crippen molar-refractivity contribution in [2.45, 2.75) is 53.0 Å². The minimum atomic E-state index is -1.40. The molecular formula is C28H35FN8O. The van der Waals surface area contributed by atoms with E-state index in [2.05, 4.69) is 20.0 Å². The van der Waals surface area contributed by atoms with E-state index in [1.807, 2.05) is 87.6 Å². The molecule has 0 aliphatic carbocycles. The average Bonchev–Trinajstić information content (AvgIpc) is 3.49. The lowest BCUT2D eigenvalue weighted by Gasteiger charge is -2.40. The smallest absolute Gasteiger partial charge is 0.246 e. The maximum Gasteiger partial charge on any atom is 0.246 e. The molecule has 0 saturated carbocycles. The van der Waals surface area contributed by atoms with Gasteiger partial charge in [0.05, 0.1) is 18.3 Å². The third kappa shape index (κ3) is 6.49. The van der Waals surface area contributed by atoms with Gasteiger partial charge in [-0.15, -0.1) is 10.2 Å². The Balaban J connectivity index is 1.82. The van der Waals surface area contributed by atoms with E-state index in [-0.39, 0.29) is 25.5 Å². The number of carbonyl (C=O) groups is 1. The Kier molecular flexibility index (Phi) is 8.31. The summed E-state index contributed by atoms with van der Waals surface area (Å²) in [5.74, 6) is 0.780. The van der Waals surface area contributed by atoms with Gasteiger partial charge in [-0.05, 0) is 23.1 Å². The molecule has 2 atom stereocenters. The van der Waals surface area contributed by atoms with Crippen LogP contribution in [0.15, 0.2) is 66.9 Å². The lowest BCUT2D eigenvalue weighted by atomic mass is 9.84. The Morgan fingerprint density at radius 2 is 1.74 bits per heavy atom. The van der Waals surface area contributed by atoms with Crippen LogP contribution < -0.4 is 5.73 Å². The van der Waals surface area contributed by atoms with Crippen molar-refractivity contribution < 1.29 is 9.18 Å². The monoisotopic (exact) mass is 518 g/mol. The second-order valence-corrected chi connectivity index (χ2v) is 10.5. The number of tetrazole rings is 1. The van der Waals surface area contributed by atoms with Gasteiger partial charge in [-0.2, -0.15) is 4.80 Å². The fourth-order valence-corrected chi connectivity index (χ4v) is 4.54. The van der Waals surface area contributed by atoms with E-state index in [9.17, 15) is 9.18 Å². The van der Waals surface area contributed by atoms with Crippen LogP contribution in [0, 0.1) is 12.3 Å². The van der Waals surface area contributed by atoms with Gasteiger partial charge >= 0.3 is 0 Å². The van der Waals surface area contributed by atoms with E-state index < -0.39 is 17.6 Å². The van der Waals surface area contributed by atoms with Crippen LogP contribution in [0.4, 0.5) is 4.39 Å². The van der Waals surface area contributed by atoms with Crippen LogP contribution in [-0.2, 0) is 17.9 Å². The van der Waals surface area contributed by atoms with E-state index >= 15 is 0 Å². The predicted molar refractivity (Wildman–Crippen MR) is 144 cm³/mol. The number of nitrogens with zero attached hydrogens (tertiary/aromatic N) is 7. The molecule has 0 bridgehead atoms. The van der Waals surface area contributed by atoms with Crippen molar-refractivity contribution in [1.82, 2.24) is 34.7 Å². The van der Waals surface area contributed by atoms with Gasteiger partial charge in [-0.25, -0.2) is 9.37 Å². The highest BCUT2D eigenvalue weighted by Gasteiger charge is 2.39. The zero-order valence-corrected chi connectivity index (χ0v) is 22.3. The first-order chi connectivity index (χ1) is 18.2. The Hall–Kier alpha value is -3.92. The molecule has 2 heterocycles. The summed E-state index contributed by atoms with van der Waals surface area (Å²) in [6.45, 7) is 7.76. The molecule has 9 nitrogen and oxygen atoms in total. The van der Waals surface area contributed by atoms with Crippen molar-refractivity contribution in [2.75, 3.05) is 13.1 Å². The number of imidazole rings is 1. The van der Waals surface area contributed by atoms with Gasteiger partial charge in [0.25, 0.3) is 0 Å². The topological polar surface area (TPSA) is 108 Å². The lowest BCUT2D eigenvalue weighted by Crippen LogP contribution is -2.47. The van der Waals surface area contributed by atoms with Crippen LogP contribution in [0.1, 0.15) is 44.0 Å². The molecule has 0 unspecified atom stereocenters. The SMILES string of the molecule is Cc1nnn(CC(=O)N(C[C@@H](F)CN)[C@@H](c2nc(-c3ccccc3)cn2Cc2ccccc2)C(C)(C)C)n1. The molecule has 4 rings (SSSR count). The molecule has 200 valence electrons. The number of hydrogen-bond acceptors (Lipinski definition) is 6. The van der Waals surface area contributed by atoms with Crippen LogP contribution in [-0.4, -0.2) is 59.8 Å². The molecule has 0 aliphatic heterocycles. The third-order valence-corrected chi connectivity index (χ3v) is 6.25. The number of hydrogen-bond donors (Lipinski definition) is 1. The standard InChI is InChI=1S/C28H35FN8O/c1-20-32-34-37(33-20)19-25(38)36(17-23(29)15-30)26(28(2,3)4)27-31-24(22-13-9-6-10-14-22)18-35(27)16-21-11-7-5-8-12-21/h5-14,18,23,26H,15-17,19,30H2,1-4H3/t23-,26-/m0/s1. The zero-order valence-electron chi connectivity index (χ0n) is 22.3. The number of aromatic nitrogens is 6. The molecule has 2 N–H and O–H groups in total. The van der Waals surface area contributed by atoms with Crippen molar-refractivity contribution in [3.63, 3.8) is 0 Å². The van der Waals surface area contributed by atoms with Crippen LogP contribution in [0.3, 0.4) is 0 Å². The van der Waals surface area contributed by atoms with E-state index in [1.165, 1.54) is 9.70 Å². The number of aryl methyl sites for hydroxylation is 1. The second-order valence-electron chi connectivity index (χ2n) is 10.5. The molecule has 2 aromatic heterocycles. The highest BCUT2D eigenvalue weighted by molar-refractivity contribution is 5.76. The Labute approximate surface area is 222 Å². The van der Waals surface area contributed by atoms with Gasteiger partial charge in [0, 0.05) is 24.8 Å². The number of carbonyl (C=O) groups excluding carboxylic acids is 1. The molecule has 10 heteroatoms. The van der Waals surface area contributed by atoms with E-state index in [0.29, 0.717) is 18.2 Å². The van der Waals surface area contributed by atoms with E-state index in [1.54, 1.807) is 6.92 Å². The molecule has 2 aromatic carbocycles. The van der Waals surface area contributed by atoms with Crippen molar-refractivity contribution in [3.05, 3.63) is 84.1 Å². The van der Waals surface area contributed by atoms with E-state index in [0.717, 1.165) is 16.8 Å². The van der Waals surface area contributed by atoms with Crippen LogP contribution in [0.5, 0.6) is 0 Å². The van der Waals surface area contributed by atoms with Crippen LogP contribution >= 0.6 is 0 Å². The molecule has 0 fully saturated rings. The maximum absolute atomic E-state index is 14.9. The van der Waals surface area contributed by atoms with Crippen molar-refractivity contribution >= 4 is 5.91 Å². The predicted octanol–water partition coefficient (Wildman–Crippen LogP) is 3.81. The molecule has 0 saturated heterocycles. The van der Waals surface area contributed by atoms with Crippen molar-refractivity contribution in [1.29, 1.82) is 0 Å². The normalized spacial score (nSPS) is 13.3. The summed E-state index contributed by atoms with van der Waals surface area (Å²) in [5.41, 5.74) is 7.99. The molecule has 4 aromatic rings. The highest BCUT2D eigenvalue weighted by atomic mass is 19.1. The molecular weight excluding hydrogens is 483 g/mol. The fraction of sp³-hybridized carbons (Fsp3) is 0.393. The summed E-state index contributed by atoms with van der Waals surface area (Å²) in [4.78, 5) is 21.6. The third-order valence-electron chi connectivity index (χ3n) is 6.25. The average molecular weight is 519 g/mol. The summed E-state index contributed by atoms with van der Waals surface area (Å²) in [6, 6.07) is 19.4. The molecule has 1 amide bonds. The van der Waals surface area contributed by atoms with Crippen molar-refractivity contribution in [3.8, 4) is 11.3 Å². The first-order valence-corrected chi connectivity index (χ1v) is 12.7. The second kappa shape index (κ2) is 11.6. The highest BCUT2D eigenvalue weighted by Crippen LogP contribution is 2.39. The van der Waals surface area contributed by atoms with Gasteiger partial charge in [0.1, 0.15) is 18.5 Å². The maximum atomic E-state index is 14.9. The number of nitrogens with two attached hydrogens (primary N) is 1. The quantitative estimate of drug-likeness (QED) is 0.342. The lowest BCUT2D eigenvalue weighted by molar-refractivity contribution is -0.139. The minimum Gasteiger partial charge on any atom is -0.328 e. The Bertz CT molecular complexity index is 1330. The number of benzene rings is 2. The molecule has 0 aliphatic rings. The summed E-state index contributed by atoms with van der Waals surface area (Å²) in [6.07, 6.45) is 0.595. The molecule has 38 heavy (non-hydrogen) atoms. The Morgan fingerprint density at radius 3 is 2.32 bits per heavy atom. The number of alkyl halides is 1. The first kappa shape index (κ1) is 27.1.